The van der Waals surface area contributed by atoms with E-state index in [-0.39, 0.29) is 47.7 Å². The molecule has 0 unspecified atom stereocenters. The summed E-state index contributed by atoms with van der Waals surface area (Å²) in [5.41, 5.74) is 0.602. The number of methoxy groups -OCH3 is 1. The molecular weight excluding hydrogens is 467 g/mol. The van der Waals surface area contributed by atoms with E-state index < -0.39 is 11.8 Å². The van der Waals surface area contributed by atoms with Crippen molar-refractivity contribution >= 4 is 29.2 Å². The van der Waals surface area contributed by atoms with Gasteiger partial charge in [0.2, 0.25) is 5.91 Å². The van der Waals surface area contributed by atoms with Gasteiger partial charge in [-0.3, -0.25) is 9.59 Å². The lowest BCUT2D eigenvalue weighted by Crippen LogP contribution is -2.48. The highest BCUT2D eigenvalue weighted by atomic mass is 19.1. The summed E-state index contributed by atoms with van der Waals surface area (Å²) >= 11 is 0. The van der Waals surface area contributed by atoms with E-state index in [1.165, 1.54) is 36.1 Å². The molecule has 0 spiro atoms. The van der Waals surface area contributed by atoms with E-state index in [0.717, 1.165) is 0 Å². The molecule has 194 valence electrons. The van der Waals surface area contributed by atoms with Gasteiger partial charge in [-0.15, -0.1) is 0 Å². The molecule has 0 fully saturated rings. The van der Waals surface area contributed by atoms with Gasteiger partial charge in [-0.2, -0.15) is 0 Å². The van der Waals surface area contributed by atoms with Crippen LogP contribution < -0.4 is 15.4 Å². The molecule has 0 saturated heterocycles. The van der Waals surface area contributed by atoms with Gasteiger partial charge in [0.1, 0.15) is 18.2 Å². The fraction of sp³-hybridized carbons (Fsp3) is 0.423. The quantitative estimate of drug-likeness (QED) is 0.668. The van der Waals surface area contributed by atoms with Gasteiger partial charge in [0, 0.05) is 45.8 Å². The molecule has 9 nitrogen and oxygen atoms in total. The van der Waals surface area contributed by atoms with Crippen LogP contribution in [0.5, 0.6) is 5.75 Å². The number of likely N-dealkylation sites (N-methyl/N-ethyl adjacent to an activating group) is 1. The summed E-state index contributed by atoms with van der Waals surface area (Å²) in [6.45, 7) is 6.32. The maximum atomic E-state index is 13.9. The van der Waals surface area contributed by atoms with Gasteiger partial charge >= 0.3 is 6.03 Å². The van der Waals surface area contributed by atoms with Crippen molar-refractivity contribution in [3.63, 3.8) is 0 Å². The lowest BCUT2D eigenvalue weighted by atomic mass is 10.0. The van der Waals surface area contributed by atoms with Crippen molar-refractivity contribution in [3.8, 4) is 5.75 Å². The average molecular weight is 501 g/mol. The standard InChI is InChI=1S/C26H33FN4O5/c1-16-13-31(18(3)32)17(2)15-36-23-11-10-19(12-20(23)25(33)30(4)14-24(16)35-5)28-26(34)29-22-9-7-6-8-21(22)27/h6-12,16-17,24H,13-15H2,1-5H3,(H2,28,29,34)/t16-,17-,24-/m0/s1. The highest BCUT2D eigenvalue weighted by molar-refractivity contribution is 6.02. The third-order valence-electron chi connectivity index (χ3n) is 6.23. The van der Waals surface area contributed by atoms with Crippen LogP contribution in [0.1, 0.15) is 31.1 Å². The molecule has 1 heterocycles. The zero-order valence-corrected chi connectivity index (χ0v) is 21.2. The van der Waals surface area contributed by atoms with Gasteiger partial charge in [-0.1, -0.05) is 19.1 Å². The van der Waals surface area contributed by atoms with Crippen LogP contribution in [-0.2, 0) is 9.53 Å². The Morgan fingerprint density at radius 2 is 1.83 bits per heavy atom. The summed E-state index contributed by atoms with van der Waals surface area (Å²) in [7, 11) is 3.24. The molecular formula is C26H33FN4O5. The highest BCUT2D eigenvalue weighted by Gasteiger charge is 2.29. The van der Waals surface area contributed by atoms with E-state index in [0.29, 0.717) is 24.5 Å². The Morgan fingerprint density at radius 1 is 1.11 bits per heavy atom. The van der Waals surface area contributed by atoms with Crippen molar-refractivity contribution in [2.45, 2.75) is 32.9 Å². The molecule has 1 aliphatic heterocycles. The number of halogens is 1. The minimum Gasteiger partial charge on any atom is -0.491 e. The average Bonchev–Trinajstić information content (AvgIpc) is 2.84. The predicted octanol–water partition coefficient (Wildman–Crippen LogP) is 3.82. The largest absolute Gasteiger partial charge is 0.491 e. The van der Waals surface area contributed by atoms with Crippen molar-refractivity contribution in [3.05, 3.63) is 53.8 Å². The number of nitrogens with one attached hydrogen (secondary N) is 2. The molecule has 2 N–H and O–H groups in total. The van der Waals surface area contributed by atoms with Gasteiger partial charge in [0.15, 0.2) is 0 Å². The van der Waals surface area contributed by atoms with Gasteiger partial charge < -0.3 is 29.9 Å². The zero-order chi connectivity index (χ0) is 26.4. The Hall–Kier alpha value is -3.66. The van der Waals surface area contributed by atoms with Crippen molar-refractivity contribution in [1.82, 2.24) is 9.80 Å². The second-order valence-corrected chi connectivity index (χ2v) is 9.04. The van der Waals surface area contributed by atoms with Crippen LogP contribution in [0, 0.1) is 11.7 Å². The third kappa shape index (κ3) is 6.51. The number of ether oxygens (including phenoxy) is 2. The van der Waals surface area contributed by atoms with Gasteiger partial charge in [0.05, 0.1) is 23.4 Å². The number of fused-ring (bicyclic) bond motifs is 1. The van der Waals surface area contributed by atoms with Crippen molar-refractivity contribution in [2.75, 3.05) is 44.5 Å². The molecule has 3 rings (SSSR count). The van der Waals surface area contributed by atoms with E-state index in [1.54, 1.807) is 37.3 Å². The number of nitrogens with zero attached hydrogens (tertiary/aromatic N) is 2. The minimum atomic E-state index is -0.658. The van der Waals surface area contributed by atoms with Crippen LogP contribution in [0.4, 0.5) is 20.6 Å². The van der Waals surface area contributed by atoms with Crippen LogP contribution in [-0.4, -0.2) is 73.6 Å². The second kappa shape index (κ2) is 11.9. The number of hydrogen-bond donors (Lipinski definition) is 2. The topological polar surface area (TPSA) is 100 Å². The van der Waals surface area contributed by atoms with E-state index in [2.05, 4.69) is 10.6 Å². The first-order valence-electron chi connectivity index (χ1n) is 11.8. The predicted molar refractivity (Wildman–Crippen MR) is 135 cm³/mol. The molecule has 3 atom stereocenters. The number of para-hydroxylation sites is 1. The fourth-order valence-corrected chi connectivity index (χ4v) is 4.14. The first-order valence-corrected chi connectivity index (χ1v) is 11.8. The first kappa shape index (κ1) is 26.9. The van der Waals surface area contributed by atoms with Crippen molar-refractivity contribution in [1.29, 1.82) is 0 Å². The van der Waals surface area contributed by atoms with E-state index in [4.69, 9.17) is 9.47 Å². The number of urea groups is 1. The van der Waals surface area contributed by atoms with Crippen LogP contribution in [0.2, 0.25) is 0 Å². The van der Waals surface area contributed by atoms with Crippen molar-refractivity contribution in [2.24, 2.45) is 5.92 Å². The maximum Gasteiger partial charge on any atom is 0.323 e. The van der Waals surface area contributed by atoms with Crippen LogP contribution in [0.3, 0.4) is 0 Å². The molecule has 0 aromatic heterocycles. The Bertz CT molecular complexity index is 1110. The minimum absolute atomic E-state index is 0.0317. The van der Waals surface area contributed by atoms with Crippen molar-refractivity contribution < 1.29 is 28.2 Å². The summed E-state index contributed by atoms with van der Waals surface area (Å²) in [6, 6.07) is 9.61. The SMILES string of the molecule is CO[C@H]1CN(C)C(=O)c2cc(NC(=O)Nc3ccccc3F)ccc2OC[C@H](C)N(C(C)=O)C[C@@H]1C. The third-order valence-corrected chi connectivity index (χ3v) is 6.23. The number of carbonyl (C=O) groups is 3. The first-order chi connectivity index (χ1) is 17.1. The molecule has 4 amide bonds. The number of carbonyl (C=O) groups excluding carboxylic acids is 3. The summed E-state index contributed by atoms with van der Waals surface area (Å²) in [4.78, 5) is 41.4. The fourth-order valence-electron chi connectivity index (χ4n) is 4.14. The van der Waals surface area contributed by atoms with E-state index in [1.807, 2.05) is 13.8 Å². The van der Waals surface area contributed by atoms with Gasteiger partial charge in [0.25, 0.3) is 5.91 Å². The van der Waals surface area contributed by atoms with Gasteiger partial charge in [-0.05, 0) is 37.3 Å². The summed E-state index contributed by atoms with van der Waals surface area (Å²) in [5.74, 6) is -0.662. The van der Waals surface area contributed by atoms with Gasteiger partial charge in [-0.25, -0.2) is 9.18 Å². The molecule has 0 saturated carbocycles. The Balaban J connectivity index is 1.89. The number of rotatable bonds is 3. The normalized spacial score (nSPS) is 20.9. The molecule has 0 bridgehead atoms. The number of hydrogen-bond acceptors (Lipinski definition) is 5. The van der Waals surface area contributed by atoms with Crippen LogP contribution in [0.25, 0.3) is 0 Å². The smallest absolute Gasteiger partial charge is 0.323 e. The second-order valence-electron chi connectivity index (χ2n) is 9.04. The van der Waals surface area contributed by atoms with Crippen LogP contribution in [0.15, 0.2) is 42.5 Å². The lowest BCUT2D eigenvalue weighted by Gasteiger charge is -2.35. The number of anilines is 2. The summed E-state index contributed by atoms with van der Waals surface area (Å²) in [6.07, 6.45) is -0.301. The summed E-state index contributed by atoms with van der Waals surface area (Å²) in [5, 5.41) is 5.08. The molecule has 0 aliphatic carbocycles. The monoisotopic (exact) mass is 500 g/mol. The molecule has 2 aromatic carbocycles. The Morgan fingerprint density at radius 3 is 2.50 bits per heavy atom. The van der Waals surface area contributed by atoms with E-state index >= 15 is 0 Å². The summed E-state index contributed by atoms with van der Waals surface area (Å²) < 4.78 is 25.5. The van der Waals surface area contributed by atoms with Crippen LogP contribution >= 0.6 is 0 Å². The Kier molecular flexibility index (Phi) is 8.87. The Labute approximate surface area is 210 Å². The highest BCUT2D eigenvalue weighted by Crippen LogP contribution is 2.27. The van der Waals surface area contributed by atoms with E-state index in [9.17, 15) is 18.8 Å². The lowest BCUT2D eigenvalue weighted by molar-refractivity contribution is -0.133. The molecule has 36 heavy (non-hydrogen) atoms. The number of amides is 4. The molecule has 10 heteroatoms. The molecule has 1 aliphatic rings. The molecule has 2 aromatic rings. The maximum absolute atomic E-state index is 13.9. The number of benzene rings is 2. The molecule has 0 radical (unpaired) electrons. The zero-order valence-electron chi connectivity index (χ0n) is 21.2.